The van der Waals surface area contributed by atoms with Crippen LogP contribution in [-0.4, -0.2) is 0 Å². The van der Waals surface area contributed by atoms with E-state index in [9.17, 15) is 0 Å². The van der Waals surface area contributed by atoms with Gasteiger partial charge in [-0.3, -0.25) is 0 Å². The molecule has 2 bridgehead atoms. The van der Waals surface area contributed by atoms with Gasteiger partial charge >= 0.3 is 25.8 Å². The Morgan fingerprint density at radius 2 is 1.81 bits per heavy atom. The van der Waals surface area contributed by atoms with Crippen molar-refractivity contribution in [2.75, 3.05) is 0 Å². The molecule has 0 saturated heterocycles. The average molecular weight is 438 g/mol. The first-order valence-corrected chi connectivity index (χ1v) is 4.38. The topological polar surface area (TPSA) is 0 Å². The van der Waals surface area contributed by atoms with Gasteiger partial charge in [0.25, 0.3) is 0 Å². The number of halogens is 3. The predicted molar refractivity (Wildman–Crippen MR) is 48.3 cm³/mol. The molecular formula is C12H9Cl3Hf. The molecule has 0 fully saturated rings. The molecule has 0 heterocycles. The molecule has 3 aliphatic rings. The third kappa shape index (κ3) is 2.99. The van der Waals surface area contributed by atoms with Crippen molar-refractivity contribution < 1.29 is 63.1 Å². The van der Waals surface area contributed by atoms with Crippen molar-refractivity contribution in [3.63, 3.8) is 0 Å². The van der Waals surface area contributed by atoms with Gasteiger partial charge in [0.15, 0.2) is 0 Å². The minimum absolute atomic E-state index is 0. The molecule has 0 aromatic rings. The van der Waals surface area contributed by atoms with Gasteiger partial charge in [0.1, 0.15) is 0 Å². The molecule has 1 unspecified atom stereocenters. The van der Waals surface area contributed by atoms with Crippen LogP contribution in [0.4, 0.5) is 0 Å². The summed E-state index contributed by atoms with van der Waals surface area (Å²) in [7, 11) is 0. The van der Waals surface area contributed by atoms with E-state index in [1.54, 1.807) is 5.92 Å². The third-order valence-corrected chi connectivity index (χ3v) is 2.82. The van der Waals surface area contributed by atoms with Gasteiger partial charge in [-0.05, 0) is 5.92 Å². The molecule has 3 rings (SSSR count). The first-order valence-electron chi connectivity index (χ1n) is 4.38. The SMILES string of the molecule is C1=C=CC2=C(C=1)[C-]1CC=CC2C1.[Cl-].[Cl-].[Cl-].[Hf+4]. The Balaban J connectivity index is 0. The quantitative estimate of drug-likeness (QED) is 0.153. The molecule has 1 atom stereocenters. The van der Waals surface area contributed by atoms with Crippen LogP contribution in [0.25, 0.3) is 0 Å². The summed E-state index contributed by atoms with van der Waals surface area (Å²) in [6, 6.07) is 0. The van der Waals surface area contributed by atoms with Crippen molar-refractivity contribution in [3.8, 4) is 0 Å². The van der Waals surface area contributed by atoms with E-state index in [0.29, 0.717) is 5.92 Å². The van der Waals surface area contributed by atoms with Crippen molar-refractivity contribution in [2.45, 2.75) is 12.8 Å². The Morgan fingerprint density at radius 1 is 1.12 bits per heavy atom. The van der Waals surface area contributed by atoms with Crippen LogP contribution in [0.3, 0.4) is 0 Å². The summed E-state index contributed by atoms with van der Waals surface area (Å²) in [4.78, 5) is 0. The molecule has 0 saturated carbocycles. The van der Waals surface area contributed by atoms with E-state index in [2.05, 4.69) is 35.8 Å². The van der Waals surface area contributed by atoms with Crippen LogP contribution in [0.1, 0.15) is 12.8 Å². The number of rotatable bonds is 0. The van der Waals surface area contributed by atoms with Crippen molar-refractivity contribution in [1.29, 1.82) is 0 Å². The normalized spacial score (nSPS) is 21.5. The van der Waals surface area contributed by atoms with Gasteiger partial charge in [0, 0.05) is 0 Å². The maximum absolute atomic E-state index is 3.03. The van der Waals surface area contributed by atoms with Crippen molar-refractivity contribution in [3.05, 3.63) is 52.8 Å². The summed E-state index contributed by atoms with van der Waals surface area (Å²) in [6.07, 6.45) is 11.1. The van der Waals surface area contributed by atoms with Crippen LogP contribution in [0, 0.1) is 11.8 Å². The minimum atomic E-state index is 0. The van der Waals surface area contributed by atoms with Crippen LogP contribution in [-0.2, 0) is 25.8 Å². The fraction of sp³-hybridized carbons (Fsp3) is 0.250. The van der Waals surface area contributed by atoms with Gasteiger partial charge in [0.05, 0.1) is 0 Å². The average Bonchev–Trinajstić information content (AvgIpc) is 2.41. The maximum Gasteiger partial charge on any atom is 4.00 e. The van der Waals surface area contributed by atoms with Gasteiger partial charge in [-0.1, -0.05) is 36.8 Å². The summed E-state index contributed by atoms with van der Waals surface area (Å²) < 4.78 is 0. The molecule has 0 N–H and O–H groups in total. The smallest absolute Gasteiger partial charge is 1.00 e. The van der Waals surface area contributed by atoms with E-state index in [0.717, 1.165) is 6.42 Å². The molecular weight excluding hydrogens is 429 g/mol. The summed E-state index contributed by atoms with van der Waals surface area (Å²) in [5, 5.41) is 0. The van der Waals surface area contributed by atoms with Crippen LogP contribution >= 0.6 is 0 Å². The van der Waals surface area contributed by atoms with Crippen LogP contribution in [0.15, 0.2) is 46.9 Å². The molecule has 0 aliphatic heterocycles. The standard InChI is InChI=1S/C12H9.3ClH.Hf/c1-2-7-12-10-5-3-4-9(8-10)11(12)6-1;;;;/h3-4,6-7,9H,5,8H2;3*1H;/q-1;;;;+4/p-3. The zero-order chi connectivity index (χ0) is 7.97. The fourth-order valence-corrected chi connectivity index (χ4v) is 2.23. The second-order valence-electron chi connectivity index (χ2n) is 3.49. The van der Waals surface area contributed by atoms with Crippen LogP contribution in [0.2, 0.25) is 0 Å². The van der Waals surface area contributed by atoms with Gasteiger partial charge in [0.2, 0.25) is 0 Å². The number of allylic oxidation sites excluding steroid dienone is 6. The molecule has 0 aromatic heterocycles. The van der Waals surface area contributed by atoms with Gasteiger partial charge in [-0.25, -0.2) is 0 Å². The van der Waals surface area contributed by atoms with E-state index in [-0.39, 0.29) is 63.1 Å². The molecule has 16 heavy (non-hydrogen) atoms. The van der Waals surface area contributed by atoms with Crippen LogP contribution < -0.4 is 37.2 Å². The van der Waals surface area contributed by atoms with Gasteiger partial charge in [-0.15, -0.1) is 17.4 Å². The monoisotopic (exact) mass is 438 g/mol. The Labute approximate surface area is 134 Å². The van der Waals surface area contributed by atoms with E-state index in [4.69, 9.17) is 0 Å². The molecule has 4 heteroatoms. The molecule has 0 nitrogen and oxygen atoms in total. The summed E-state index contributed by atoms with van der Waals surface area (Å²) >= 11 is 0. The molecule has 3 aliphatic carbocycles. The van der Waals surface area contributed by atoms with E-state index in [1.165, 1.54) is 17.6 Å². The van der Waals surface area contributed by atoms with Crippen molar-refractivity contribution >= 4 is 0 Å². The second kappa shape index (κ2) is 7.67. The molecule has 82 valence electrons. The Morgan fingerprint density at radius 3 is 2.56 bits per heavy atom. The predicted octanol–water partition coefficient (Wildman–Crippen LogP) is -6.27. The van der Waals surface area contributed by atoms with Crippen molar-refractivity contribution in [2.24, 2.45) is 5.92 Å². The second-order valence-corrected chi connectivity index (χ2v) is 3.49. The fourth-order valence-electron chi connectivity index (χ4n) is 2.23. The zero-order valence-corrected chi connectivity index (χ0v) is 14.3. The third-order valence-electron chi connectivity index (χ3n) is 2.82. The van der Waals surface area contributed by atoms with Crippen LogP contribution in [0.5, 0.6) is 0 Å². The van der Waals surface area contributed by atoms with E-state index < -0.39 is 0 Å². The Bertz CT molecular complexity index is 396. The maximum atomic E-state index is 3.03. The summed E-state index contributed by atoms with van der Waals surface area (Å²) in [5.41, 5.74) is 8.95. The van der Waals surface area contributed by atoms with E-state index >= 15 is 0 Å². The minimum Gasteiger partial charge on any atom is -1.00 e. The molecule has 0 radical (unpaired) electrons. The van der Waals surface area contributed by atoms with Gasteiger partial charge < -0.3 is 37.2 Å². The first kappa shape index (κ1) is 18.7. The first-order chi connectivity index (χ1) is 5.95. The number of hydrogen-bond donors (Lipinski definition) is 0. The summed E-state index contributed by atoms with van der Waals surface area (Å²) in [6.45, 7) is 0. The Hall–Kier alpha value is 0.390. The molecule has 0 aromatic carbocycles. The zero-order valence-electron chi connectivity index (χ0n) is 8.43. The van der Waals surface area contributed by atoms with Crippen molar-refractivity contribution in [1.82, 2.24) is 0 Å². The largest absolute Gasteiger partial charge is 4.00 e. The van der Waals surface area contributed by atoms with E-state index in [1.807, 2.05) is 0 Å². The number of hydrogen-bond acceptors (Lipinski definition) is 0. The molecule has 0 spiro atoms. The molecule has 0 amide bonds. The number of fused-ring (bicyclic) bond motifs is 4. The Kier molecular flexibility index (Phi) is 8.98. The summed E-state index contributed by atoms with van der Waals surface area (Å²) in [5.74, 6) is 2.23. The van der Waals surface area contributed by atoms with Gasteiger partial charge in [-0.2, -0.15) is 11.5 Å².